The van der Waals surface area contributed by atoms with Crippen LogP contribution in [0.15, 0.2) is 42.5 Å². The van der Waals surface area contributed by atoms with E-state index in [0.717, 1.165) is 23.3 Å². The molecule has 2 aromatic carbocycles. The minimum Gasteiger partial charge on any atom is -0.494 e. The van der Waals surface area contributed by atoms with Crippen LogP contribution in [0.1, 0.15) is 16.7 Å². The van der Waals surface area contributed by atoms with Crippen LogP contribution in [0.5, 0.6) is 5.75 Å². The molecule has 0 spiro atoms. The van der Waals surface area contributed by atoms with E-state index in [0.29, 0.717) is 19.5 Å². The minimum atomic E-state index is -4.31. The zero-order chi connectivity index (χ0) is 16.9. The molecule has 23 heavy (non-hydrogen) atoms. The molecule has 0 saturated heterocycles. The summed E-state index contributed by atoms with van der Waals surface area (Å²) in [5.41, 5.74) is 0.935. The summed E-state index contributed by atoms with van der Waals surface area (Å²) in [6, 6.07) is 9.80. The Bertz CT molecular complexity index is 638. The summed E-state index contributed by atoms with van der Waals surface area (Å²) in [5.74, 6) is -0.229. The van der Waals surface area contributed by atoms with E-state index in [-0.39, 0.29) is 5.75 Å². The molecule has 0 amide bonds. The van der Waals surface area contributed by atoms with Crippen molar-refractivity contribution < 1.29 is 22.3 Å². The topological polar surface area (TPSA) is 21.3 Å². The molecule has 2 aromatic rings. The molecule has 0 aliphatic rings. The highest BCUT2D eigenvalue weighted by Crippen LogP contribution is 2.29. The molecule has 2 nitrogen and oxygen atoms in total. The number of hydrogen-bond donors (Lipinski definition) is 1. The van der Waals surface area contributed by atoms with Gasteiger partial charge in [0.2, 0.25) is 0 Å². The lowest BCUT2D eigenvalue weighted by Gasteiger charge is -2.09. The molecule has 124 valence electrons. The Balaban J connectivity index is 1.80. The van der Waals surface area contributed by atoms with Crippen LogP contribution in [-0.4, -0.2) is 13.7 Å². The summed E-state index contributed by atoms with van der Waals surface area (Å²) in [6.45, 7) is 1.06. The lowest BCUT2D eigenvalue weighted by Crippen LogP contribution is -2.17. The van der Waals surface area contributed by atoms with Gasteiger partial charge in [-0.3, -0.25) is 0 Å². The van der Waals surface area contributed by atoms with Gasteiger partial charge in [-0.15, -0.1) is 0 Å². The molecule has 0 unspecified atom stereocenters. The monoisotopic (exact) mass is 327 g/mol. The Hall–Kier alpha value is -2.08. The lowest BCUT2D eigenvalue weighted by atomic mass is 10.1. The van der Waals surface area contributed by atoms with E-state index in [1.165, 1.54) is 25.3 Å². The number of ether oxygens (including phenoxy) is 1. The van der Waals surface area contributed by atoms with Crippen molar-refractivity contribution in [3.8, 4) is 5.75 Å². The molecule has 0 bridgehead atoms. The van der Waals surface area contributed by atoms with Gasteiger partial charge < -0.3 is 10.1 Å². The van der Waals surface area contributed by atoms with Crippen LogP contribution in [0, 0.1) is 5.82 Å². The van der Waals surface area contributed by atoms with Crippen molar-refractivity contribution in [2.45, 2.75) is 19.1 Å². The van der Waals surface area contributed by atoms with Crippen molar-refractivity contribution in [3.05, 3.63) is 65.0 Å². The Morgan fingerprint density at radius 1 is 1.00 bits per heavy atom. The molecule has 0 aliphatic carbocycles. The average Bonchev–Trinajstić information content (AvgIpc) is 2.51. The zero-order valence-electron chi connectivity index (χ0n) is 12.6. The summed E-state index contributed by atoms with van der Waals surface area (Å²) < 4.78 is 55.7. The third kappa shape index (κ3) is 4.96. The number of methoxy groups -OCH3 is 1. The molecule has 0 atom stereocenters. The zero-order valence-corrected chi connectivity index (χ0v) is 12.6. The molecule has 0 aliphatic heterocycles. The molecule has 0 fully saturated rings. The maximum Gasteiger partial charge on any atom is 0.416 e. The van der Waals surface area contributed by atoms with E-state index in [4.69, 9.17) is 4.74 Å². The number of halogens is 4. The molecule has 2 rings (SSSR count). The number of hydrogen-bond acceptors (Lipinski definition) is 2. The highest BCUT2D eigenvalue weighted by atomic mass is 19.4. The fourth-order valence-electron chi connectivity index (χ4n) is 2.15. The van der Waals surface area contributed by atoms with E-state index < -0.39 is 17.6 Å². The minimum absolute atomic E-state index is 0.193. The van der Waals surface area contributed by atoms with Gasteiger partial charge in [0.05, 0.1) is 12.7 Å². The molecule has 0 saturated carbocycles. The number of rotatable bonds is 6. The van der Waals surface area contributed by atoms with Gasteiger partial charge in [-0.2, -0.15) is 13.2 Å². The quantitative estimate of drug-likeness (QED) is 0.635. The molecule has 0 radical (unpaired) electrons. The Kier molecular flexibility index (Phi) is 5.60. The number of nitrogens with one attached hydrogen (secondary N) is 1. The predicted octanol–water partition coefficient (Wildman–Crippen LogP) is 4.19. The van der Waals surface area contributed by atoms with Crippen molar-refractivity contribution >= 4 is 0 Å². The van der Waals surface area contributed by atoms with Crippen LogP contribution in [0.2, 0.25) is 0 Å². The van der Waals surface area contributed by atoms with E-state index in [1.807, 2.05) is 0 Å². The van der Waals surface area contributed by atoms with E-state index in [1.54, 1.807) is 12.1 Å². The van der Waals surface area contributed by atoms with Gasteiger partial charge in [0.15, 0.2) is 11.6 Å². The fraction of sp³-hybridized carbons (Fsp3) is 0.294. The summed E-state index contributed by atoms with van der Waals surface area (Å²) in [6.07, 6.45) is -3.72. The first kappa shape index (κ1) is 17.3. The normalized spacial score (nSPS) is 11.5. The Labute approximate surface area is 132 Å². The first-order chi connectivity index (χ1) is 10.9. The highest BCUT2D eigenvalue weighted by molar-refractivity contribution is 5.29. The third-order valence-electron chi connectivity index (χ3n) is 3.42. The maximum absolute atomic E-state index is 13.5. The van der Waals surface area contributed by atoms with Crippen LogP contribution >= 0.6 is 0 Å². The molecular formula is C17H17F4NO. The molecule has 6 heteroatoms. The largest absolute Gasteiger partial charge is 0.494 e. The van der Waals surface area contributed by atoms with Crippen molar-refractivity contribution in [1.82, 2.24) is 5.32 Å². The maximum atomic E-state index is 13.5. The highest BCUT2D eigenvalue weighted by Gasteiger charge is 2.29. The number of alkyl halides is 3. The van der Waals surface area contributed by atoms with Crippen LogP contribution in [0.25, 0.3) is 0 Å². The van der Waals surface area contributed by atoms with Gasteiger partial charge in [0.25, 0.3) is 0 Å². The van der Waals surface area contributed by atoms with Gasteiger partial charge >= 0.3 is 6.18 Å². The van der Waals surface area contributed by atoms with Gasteiger partial charge in [0.1, 0.15) is 0 Å². The fourth-order valence-corrected chi connectivity index (χ4v) is 2.15. The summed E-state index contributed by atoms with van der Waals surface area (Å²) in [5, 5.41) is 3.13. The van der Waals surface area contributed by atoms with Crippen LogP contribution in [0.3, 0.4) is 0 Å². The third-order valence-corrected chi connectivity index (χ3v) is 3.42. The first-order valence-corrected chi connectivity index (χ1v) is 7.09. The van der Waals surface area contributed by atoms with Crippen molar-refractivity contribution in [2.75, 3.05) is 13.7 Å². The summed E-state index contributed by atoms with van der Waals surface area (Å²) in [4.78, 5) is 0. The van der Waals surface area contributed by atoms with Crippen molar-refractivity contribution in [2.24, 2.45) is 0 Å². The average molecular weight is 327 g/mol. The van der Waals surface area contributed by atoms with Crippen LogP contribution < -0.4 is 10.1 Å². The van der Waals surface area contributed by atoms with Crippen molar-refractivity contribution in [1.29, 1.82) is 0 Å². The number of benzene rings is 2. The second-order valence-electron chi connectivity index (χ2n) is 5.09. The van der Waals surface area contributed by atoms with E-state index in [9.17, 15) is 17.6 Å². The predicted molar refractivity (Wildman–Crippen MR) is 79.8 cm³/mol. The van der Waals surface area contributed by atoms with Crippen LogP contribution in [-0.2, 0) is 19.1 Å². The van der Waals surface area contributed by atoms with Gasteiger partial charge in [-0.1, -0.05) is 18.2 Å². The van der Waals surface area contributed by atoms with Gasteiger partial charge in [-0.05, 0) is 48.4 Å². The standard InChI is InChI=1S/C17H17F4NO/c1-23-16-7-4-13(10-15(16)18)11-22-9-8-12-2-5-14(6-3-12)17(19,20)21/h2-7,10,22H,8-9,11H2,1H3. The van der Waals surface area contributed by atoms with E-state index in [2.05, 4.69) is 5.32 Å². The first-order valence-electron chi connectivity index (χ1n) is 7.09. The molecule has 0 heterocycles. The van der Waals surface area contributed by atoms with E-state index >= 15 is 0 Å². The van der Waals surface area contributed by atoms with Gasteiger partial charge in [-0.25, -0.2) is 4.39 Å². The van der Waals surface area contributed by atoms with Crippen LogP contribution in [0.4, 0.5) is 17.6 Å². The lowest BCUT2D eigenvalue weighted by molar-refractivity contribution is -0.137. The smallest absolute Gasteiger partial charge is 0.416 e. The molecule has 0 aromatic heterocycles. The van der Waals surface area contributed by atoms with Gasteiger partial charge in [0, 0.05) is 6.54 Å². The van der Waals surface area contributed by atoms with Crippen molar-refractivity contribution in [3.63, 3.8) is 0 Å². The Morgan fingerprint density at radius 2 is 1.65 bits per heavy atom. The summed E-state index contributed by atoms with van der Waals surface area (Å²) in [7, 11) is 1.40. The second-order valence-corrected chi connectivity index (χ2v) is 5.09. The second kappa shape index (κ2) is 7.46. The molecular weight excluding hydrogens is 310 g/mol. The summed E-state index contributed by atoms with van der Waals surface area (Å²) >= 11 is 0. The Morgan fingerprint density at radius 3 is 2.22 bits per heavy atom. The molecule has 1 N–H and O–H groups in total. The SMILES string of the molecule is COc1ccc(CNCCc2ccc(C(F)(F)F)cc2)cc1F.